The van der Waals surface area contributed by atoms with Crippen molar-refractivity contribution in [2.24, 2.45) is 11.8 Å². The van der Waals surface area contributed by atoms with Gasteiger partial charge in [-0.1, -0.05) is 6.92 Å². The maximum absolute atomic E-state index is 12.9. The number of rotatable bonds is 18. The van der Waals surface area contributed by atoms with Gasteiger partial charge in [-0.05, 0) is 18.6 Å². The highest BCUT2D eigenvalue weighted by molar-refractivity contribution is 7.47. The number of halogens is 1. The molecular formula is C22H30FN3O14P2. The second-order valence-corrected chi connectivity index (χ2v) is 12.1. The maximum Gasteiger partial charge on any atom is 0.473 e. The predicted molar refractivity (Wildman–Crippen MR) is 144 cm³/mol. The molecule has 0 saturated carbocycles. The summed E-state index contributed by atoms with van der Waals surface area (Å²) < 4.78 is 56.4. The second-order valence-electron chi connectivity index (χ2n) is 9.21. The fourth-order valence-electron chi connectivity index (χ4n) is 3.83. The number of hydrogen-bond acceptors (Lipinski definition) is 13. The van der Waals surface area contributed by atoms with Crippen molar-refractivity contribution in [2.75, 3.05) is 39.6 Å². The van der Waals surface area contributed by atoms with Crippen LogP contribution in [0.25, 0.3) is 21.5 Å². The maximum atomic E-state index is 12.9. The van der Waals surface area contributed by atoms with Crippen LogP contribution >= 0.6 is 15.6 Å². The van der Waals surface area contributed by atoms with Crippen molar-refractivity contribution in [2.45, 2.75) is 26.6 Å². The fraction of sp³-hybridized carbons (Fsp3) is 0.545. The average molecular weight is 641 g/mol. The number of benzene rings is 1. The third-order valence-electron chi connectivity index (χ3n) is 6.39. The summed E-state index contributed by atoms with van der Waals surface area (Å²) in [6, 6.07) is 2.03. The third-order valence-corrected chi connectivity index (χ3v) is 8.29. The van der Waals surface area contributed by atoms with E-state index in [9.17, 15) is 42.6 Å². The lowest BCUT2D eigenvalue weighted by molar-refractivity contribution is 0.0888. The molecule has 0 fully saturated rings. The van der Waals surface area contributed by atoms with Crippen molar-refractivity contribution < 1.29 is 51.7 Å². The molecule has 234 valence electrons. The summed E-state index contributed by atoms with van der Waals surface area (Å²) in [7, 11) is -9.41. The number of aliphatic hydroxyl groups excluding tert-OH is 2. The molecule has 4 atom stereocenters. The van der Waals surface area contributed by atoms with E-state index in [0.717, 1.165) is 12.1 Å². The number of phosphoric acid groups is 2. The Labute approximate surface area is 235 Å². The minimum atomic E-state index is -4.71. The number of fused-ring (bicyclic) bond motifs is 2. The fourth-order valence-corrected chi connectivity index (χ4v) is 5.35. The van der Waals surface area contributed by atoms with Crippen molar-refractivity contribution in [3.63, 3.8) is 0 Å². The zero-order valence-electron chi connectivity index (χ0n) is 22.2. The number of hydrogen-bond donors (Lipinski definition) is 5. The highest BCUT2D eigenvalue weighted by atomic mass is 31.2. The first-order valence-corrected chi connectivity index (χ1v) is 15.5. The van der Waals surface area contributed by atoms with Crippen molar-refractivity contribution in [1.82, 2.24) is 14.7 Å². The summed E-state index contributed by atoms with van der Waals surface area (Å²) in [6.45, 7) is -2.45. The number of aromatic nitrogens is 2. The molecule has 3 rings (SSSR count). The second kappa shape index (κ2) is 14.3. The molecule has 5 N–H and O–H groups in total. The summed E-state index contributed by atoms with van der Waals surface area (Å²) in [5.41, 5.74) is -2.43. The normalized spacial score (nSPS) is 16.5. The van der Waals surface area contributed by atoms with Crippen LogP contribution < -0.4 is 27.8 Å². The van der Waals surface area contributed by atoms with Gasteiger partial charge in [-0.15, -0.1) is 4.48 Å². The molecule has 2 aromatic heterocycles. The van der Waals surface area contributed by atoms with Crippen LogP contribution in [0.1, 0.15) is 13.3 Å². The van der Waals surface area contributed by atoms with Gasteiger partial charge >= 0.3 is 15.6 Å². The molecule has 2 heterocycles. The SMILES string of the molecule is CCC(CO)COP(=O)(O)OCn1c(=O)c2cc3c(=O)n(CCOP(=O)(O)OCC(CO)CNF)c(=O)c3cc2c1=O. The van der Waals surface area contributed by atoms with Gasteiger partial charge in [-0.3, -0.25) is 41.8 Å². The Morgan fingerprint density at radius 2 is 1.24 bits per heavy atom. The van der Waals surface area contributed by atoms with Crippen LogP contribution in [0.2, 0.25) is 0 Å². The van der Waals surface area contributed by atoms with E-state index in [1.165, 1.54) is 5.54 Å². The minimum Gasteiger partial charge on any atom is -0.396 e. The zero-order chi connectivity index (χ0) is 31.2. The van der Waals surface area contributed by atoms with Crippen LogP contribution in [0, 0.1) is 11.8 Å². The van der Waals surface area contributed by atoms with Gasteiger partial charge in [-0.2, -0.15) is 5.54 Å². The molecular weight excluding hydrogens is 611 g/mol. The zero-order valence-corrected chi connectivity index (χ0v) is 24.0. The Morgan fingerprint density at radius 1 is 0.786 bits per heavy atom. The molecule has 0 amide bonds. The molecule has 0 saturated heterocycles. The molecule has 1 aromatic carbocycles. The van der Waals surface area contributed by atoms with E-state index in [2.05, 4.69) is 4.52 Å². The number of aliphatic hydroxyl groups is 2. The molecule has 4 unspecified atom stereocenters. The first-order valence-electron chi connectivity index (χ1n) is 12.5. The molecule has 0 spiro atoms. The van der Waals surface area contributed by atoms with E-state index in [4.69, 9.17) is 23.8 Å². The van der Waals surface area contributed by atoms with Crippen LogP contribution in [-0.2, 0) is 40.5 Å². The Kier molecular flexibility index (Phi) is 11.6. The third kappa shape index (κ3) is 7.92. The number of phosphoric ester groups is 2. The van der Waals surface area contributed by atoms with Crippen molar-refractivity contribution >= 4 is 37.2 Å². The van der Waals surface area contributed by atoms with Gasteiger partial charge in [-0.25, -0.2) is 13.7 Å². The van der Waals surface area contributed by atoms with Gasteiger partial charge in [0.1, 0.15) is 6.73 Å². The molecule has 20 heteroatoms. The summed E-state index contributed by atoms with van der Waals surface area (Å²) in [4.78, 5) is 71.0. The van der Waals surface area contributed by atoms with E-state index in [1.54, 1.807) is 6.92 Å². The lowest BCUT2D eigenvalue weighted by atomic mass is 10.1. The molecule has 0 aliphatic rings. The van der Waals surface area contributed by atoms with Crippen LogP contribution in [0.4, 0.5) is 4.48 Å². The van der Waals surface area contributed by atoms with Crippen LogP contribution in [0.5, 0.6) is 0 Å². The van der Waals surface area contributed by atoms with Gasteiger partial charge in [0.15, 0.2) is 0 Å². The molecule has 3 aromatic rings. The minimum absolute atomic E-state index is 0.235. The predicted octanol–water partition coefficient (Wildman–Crippen LogP) is -0.762. The number of nitrogens with zero attached hydrogens (tertiary/aromatic N) is 2. The highest BCUT2D eigenvalue weighted by Crippen LogP contribution is 2.44. The molecule has 17 nitrogen and oxygen atoms in total. The van der Waals surface area contributed by atoms with Crippen molar-refractivity contribution in [1.29, 1.82) is 0 Å². The lowest BCUT2D eigenvalue weighted by Gasteiger charge is -2.16. The monoisotopic (exact) mass is 641 g/mol. The van der Waals surface area contributed by atoms with E-state index >= 15 is 0 Å². The van der Waals surface area contributed by atoms with Gasteiger partial charge in [0.2, 0.25) is 0 Å². The Balaban J connectivity index is 1.77. The summed E-state index contributed by atoms with van der Waals surface area (Å²) in [5, 5.41) is 17.2. The van der Waals surface area contributed by atoms with Crippen LogP contribution in [-0.4, -0.2) is 68.7 Å². The van der Waals surface area contributed by atoms with Gasteiger partial charge < -0.3 is 20.0 Å². The van der Waals surface area contributed by atoms with E-state index in [-0.39, 0.29) is 41.3 Å². The summed E-state index contributed by atoms with van der Waals surface area (Å²) >= 11 is 0. The summed E-state index contributed by atoms with van der Waals surface area (Å²) in [6.07, 6.45) is 0.449. The van der Waals surface area contributed by atoms with Crippen LogP contribution in [0.15, 0.2) is 31.3 Å². The van der Waals surface area contributed by atoms with Crippen molar-refractivity contribution in [3.05, 3.63) is 53.5 Å². The number of nitrogens with one attached hydrogen (secondary N) is 1. The van der Waals surface area contributed by atoms with E-state index < -0.39 is 82.8 Å². The first kappa shape index (κ1) is 34.0. The molecule has 0 aliphatic carbocycles. The Hall–Kier alpha value is -2.47. The molecule has 0 aliphatic heterocycles. The highest BCUT2D eigenvalue weighted by Gasteiger charge is 2.26. The van der Waals surface area contributed by atoms with E-state index in [0.29, 0.717) is 15.6 Å². The summed E-state index contributed by atoms with van der Waals surface area (Å²) in [5.74, 6) is -1.29. The first-order chi connectivity index (χ1) is 19.8. The molecule has 0 radical (unpaired) electrons. The van der Waals surface area contributed by atoms with Crippen molar-refractivity contribution in [3.8, 4) is 0 Å². The van der Waals surface area contributed by atoms with Gasteiger partial charge in [0.05, 0.1) is 47.9 Å². The topological polar surface area (TPSA) is 242 Å². The van der Waals surface area contributed by atoms with Gasteiger partial charge in [0, 0.05) is 31.6 Å². The van der Waals surface area contributed by atoms with Crippen LogP contribution in [0.3, 0.4) is 0 Å². The largest absolute Gasteiger partial charge is 0.473 e. The standard InChI is InChI=1S/C22H30FN3O14P2/c1-2-13(8-27)10-38-42(35,36)40-12-26-21(31)17-5-15-16(6-18(17)22(26)32)20(30)25(19(15)29)3-4-37-41(33,34)39-11-14(9-28)7-24-23/h5-6,13-14,24,27-28H,2-4,7-12H2,1H3,(H,33,34)(H,35,36). The van der Waals surface area contributed by atoms with E-state index in [1.807, 2.05) is 0 Å². The quantitative estimate of drug-likeness (QED) is 0.0847. The molecule has 0 bridgehead atoms. The lowest BCUT2D eigenvalue weighted by Crippen LogP contribution is -2.28. The Bertz CT molecular complexity index is 1620. The molecule has 42 heavy (non-hydrogen) atoms. The smallest absolute Gasteiger partial charge is 0.396 e. The Morgan fingerprint density at radius 3 is 1.69 bits per heavy atom. The average Bonchev–Trinajstić information content (AvgIpc) is 3.33. The van der Waals surface area contributed by atoms with Gasteiger partial charge in [0.25, 0.3) is 22.2 Å².